The second kappa shape index (κ2) is 11.6. The summed E-state index contributed by atoms with van der Waals surface area (Å²) in [5.74, 6) is 0. The molecule has 51 heavy (non-hydrogen) atoms. The van der Waals surface area contributed by atoms with E-state index in [2.05, 4.69) is 195 Å². The highest BCUT2D eigenvalue weighted by Gasteiger charge is 2.35. The Bertz CT molecular complexity index is 2780. The smallest absolute Gasteiger partial charge is 0.0467 e. The second-order valence-electron chi connectivity index (χ2n) is 14.1. The maximum absolute atomic E-state index is 2.43. The maximum Gasteiger partial charge on any atom is 0.0467 e. The molecule has 10 rings (SSSR count). The molecular weight excluding hydrogens is 635 g/mol. The van der Waals surface area contributed by atoms with Gasteiger partial charge in [-0.3, -0.25) is 0 Å². The lowest BCUT2D eigenvalue weighted by atomic mass is 9.82. The summed E-state index contributed by atoms with van der Waals surface area (Å²) < 4.78 is 2.67. The van der Waals surface area contributed by atoms with Crippen molar-refractivity contribution >= 4 is 59.3 Å². The van der Waals surface area contributed by atoms with Crippen LogP contribution in [0.3, 0.4) is 0 Å². The average molecular weight is 670 g/mol. The van der Waals surface area contributed by atoms with Crippen LogP contribution < -0.4 is 4.90 Å². The number of rotatable bonds is 5. The van der Waals surface area contributed by atoms with Crippen molar-refractivity contribution < 1.29 is 0 Å². The molecule has 1 heterocycles. The van der Waals surface area contributed by atoms with E-state index in [0.29, 0.717) is 0 Å². The van der Waals surface area contributed by atoms with E-state index in [4.69, 9.17) is 0 Å². The average Bonchev–Trinajstić information content (AvgIpc) is 3.67. The zero-order chi connectivity index (χ0) is 34.1. The fraction of sp³-hybridized carbons (Fsp3) is 0.0612. The first-order valence-electron chi connectivity index (χ1n) is 17.7. The molecule has 0 radical (unpaired) electrons. The zero-order valence-corrected chi connectivity index (χ0v) is 29.4. The van der Waals surface area contributed by atoms with Gasteiger partial charge in [0.15, 0.2) is 0 Å². The molecule has 0 aliphatic heterocycles. The van der Waals surface area contributed by atoms with Crippen molar-refractivity contribution in [2.45, 2.75) is 19.3 Å². The van der Waals surface area contributed by atoms with Crippen molar-refractivity contribution in [3.8, 4) is 33.4 Å². The van der Waals surface area contributed by atoms with Crippen LogP contribution in [0.5, 0.6) is 0 Å². The number of nitrogens with zero attached hydrogens (tertiary/aromatic N) is 1. The Morgan fingerprint density at radius 1 is 0.412 bits per heavy atom. The first kappa shape index (κ1) is 29.9. The van der Waals surface area contributed by atoms with Crippen LogP contribution in [-0.2, 0) is 5.41 Å². The Hall–Kier alpha value is -5.96. The SMILES string of the molecule is CC1(C)c2ccccc2-c2ccc(N(c3ccc(-c4cccc5c4sc4ccccc45)cc3)c3cccc(-c4cccc5ccccc45)c3)cc21. The summed E-state index contributed by atoms with van der Waals surface area (Å²) in [6.45, 7) is 4.71. The van der Waals surface area contributed by atoms with Crippen molar-refractivity contribution in [1.82, 2.24) is 0 Å². The summed E-state index contributed by atoms with van der Waals surface area (Å²) in [7, 11) is 0. The third-order valence-corrected chi connectivity index (χ3v) is 12.1. The lowest BCUT2D eigenvalue weighted by molar-refractivity contribution is 0.660. The van der Waals surface area contributed by atoms with Gasteiger partial charge >= 0.3 is 0 Å². The normalized spacial score (nSPS) is 13.1. The molecule has 1 aromatic heterocycles. The van der Waals surface area contributed by atoms with Gasteiger partial charge < -0.3 is 4.90 Å². The Labute approximate surface area is 302 Å². The number of benzene rings is 8. The van der Waals surface area contributed by atoms with E-state index in [1.807, 2.05) is 11.3 Å². The van der Waals surface area contributed by atoms with Crippen molar-refractivity contribution in [3.63, 3.8) is 0 Å². The summed E-state index contributed by atoms with van der Waals surface area (Å²) in [5, 5.41) is 5.17. The standard InChI is InChI=1S/C49H35NS/c1-49(2)45-22-7-5-17-41(45)42-29-28-37(31-46(42)49)50(36-15-9-14-34(30-36)39-19-10-13-32-12-3-4-16-38(32)39)35-26-24-33(25-27-35)40-20-11-21-44-43-18-6-8-23-47(43)51-48(40)44/h3-31H,1-2H3. The zero-order valence-electron chi connectivity index (χ0n) is 28.6. The van der Waals surface area contributed by atoms with Crippen LogP contribution in [0.25, 0.3) is 64.3 Å². The van der Waals surface area contributed by atoms with Crippen LogP contribution in [0, 0.1) is 0 Å². The first-order valence-corrected chi connectivity index (χ1v) is 18.5. The molecule has 0 saturated heterocycles. The summed E-state index contributed by atoms with van der Waals surface area (Å²) >= 11 is 1.88. The highest BCUT2D eigenvalue weighted by molar-refractivity contribution is 7.26. The van der Waals surface area contributed by atoms with Gasteiger partial charge in [-0.2, -0.15) is 0 Å². The Morgan fingerprint density at radius 3 is 1.94 bits per heavy atom. The number of hydrogen-bond donors (Lipinski definition) is 0. The van der Waals surface area contributed by atoms with Crippen LogP contribution in [0.2, 0.25) is 0 Å². The van der Waals surface area contributed by atoms with Gasteiger partial charge in [-0.05, 0) is 97.7 Å². The third-order valence-electron chi connectivity index (χ3n) is 10.9. The van der Waals surface area contributed by atoms with Gasteiger partial charge in [-0.15, -0.1) is 11.3 Å². The lowest BCUT2D eigenvalue weighted by Crippen LogP contribution is -2.16. The van der Waals surface area contributed by atoms with Crippen LogP contribution >= 0.6 is 11.3 Å². The molecular formula is C49H35NS. The lowest BCUT2D eigenvalue weighted by Gasteiger charge is -2.28. The third kappa shape index (κ3) is 4.75. The van der Waals surface area contributed by atoms with E-state index in [1.165, 1.54) is 75.5 Å². The molecule has 0 unspecified atom stereocenters. The minimum absolute atomic E-state index is 0.0921. The summed E-state index contributed by atoms with van der Waals surface area (Å²) in [6.07, 6.45) is 0. The summed E-state index contributed by atoms with van der Waals surface area (Å²) in [4.78, 5) is 2.43. The molecule has 1 nitrogen and oxygen atoms in total. The molecule has 1 aliphatic carbocycles. The van der Waals surface area contributed by atoms with Gasteiger partial charge in [0.05, 0.1) is 0 Å². The van der Waals surface area contributed by atoms with E-state index in [1.54, 1.807) is 0 Å². The van der Waals surface area contributed by atoms with Gasteiger partial charge in [0.2, 0.25) is 0 Å². The van der Waals surface area contributed by atoms with Crippen LogP contribution in [0.15, 0.2) is 176 Å². The van der Waals surface area contributed by atoms with E-state index in [-0.39, 0.29) is 5.41 Å². The van der Waals surface area contributed by atoms with Crippen molar-refractivity contribution in [2.24, 2.45) is 0 Å². The van der Waals surface area contributed by atoms with E-state index in [0.717, 1.165) is 17.1 Å². The molecule has 0 amide bonds. The van der Waals surface area contributed by atoms with Gasteiger partial charge in [0, 0.05) is 42.6 Å². The first-order chi connectivity index (χ1) is 25.0. The van der Waals surface area contributed by atoms with Gasteiger partial charge in [-0.1, -0.05) is 147 Å². The molecule has 2 heteroatoms. The van der Waals surface area contributed by atoms with Crippen LogP contribution in [0.4, 0.5) is 17.1 Å². The molecule has 0 bridgehead atoms. The molecule has 0 spiro atoms. The minimum atomic E-state index is -0.0921. The highest BCUT2D eigenvalue weighted by atomic mass is 32.1. The van der Waals surface area contributed by atoms with E-state index < -0.39 is 0 Å². The predicted molar refractivity (Wildman–Crippen MR) is 220 cm³/mol. The van der Waals surface area contributed by atoms with Gasteiger partial charge in [-0.25, -0.2) is 0 Å². The van der Waals surface area contributed by atoms with E-state index >= 15 is 0 Å². The fourth-order valence-corrected chi connectivity index (χ4v) is 9.57. The Kier molecular flexibility index (Phi) is 6.78. The Morgan fingerprint density at radius 2 is 1.04 bits per heavy atom. The monoisotopic (exact) mass is 669 g/mol. The topological polar surface area (TPSA) is 3.24 Å². The fourth-order valence-electron chi connectivity index (χ4n) is 8.33. The van der Waals surface area contributed by atoms with Crippen molar-refractivity contribution in [1.29, 1.82) is 0 Å². The molecule has 8 aromatic carbocycles. The predicted octanol–water partition coefficient (Wildman–Crippen LogP) is 14.3. The molecule has 0 atom stereocenters. The molecule has 1 aliphatic rings. The van der Waals surface area contributed by atoms with Gasteiger partial charge in [0.25, 0.3) is 0 Å². The number of fused-ring (bicyclic) bond motifs is 7. The van der Waals surface area contributed by atoms with Crippen molar-refractivity contribution in [3.05, 3.63) is 187 Å². The van der Waals surface area contributed by atoms with E-state index in [9.17, 15) is 0 Å². The number of anilines is 3. The molecule has 9 aromatic rings. The van der Waals surface area contributed by atoms with Crippen LogP contribution in [-0.4, -0.2) is 0 Å². The quantitative estimate of drug-likeness (QED) is 0.176. The van der Waals surface area contributed by atoms with Crippen LogP contribution in [0.1, 0.15) is 25.0 Å². The number of hydrogen-bond acceptors (Lipinski definition) is 2. The van der Waals surface area contributed by atoms with Gasteiger partial charge in [0.1, 0.15) is 0 Å². The largest absolute Gasteiger partial charge is 0.310 e. The maximum atomic E-state index is 2.43. The van der Waals surface area contributed by atoms with Crippen molar-refractivity contribution in [2.75, 3.05) is 4.90 Å². The molecule has 0 fully saturated rings. The molecule has 242 valence electrons. The minimum Gasteiger partial charge on any atom is -0.310 e. The highest BCUT2D eigenvalue weighted by Crippen LogP contribution is 2.51. The molecule has 0 N–H and O–H groups in total. The number of thiophene rings is 1. The Balaban J connectivity index is 1.13. The second-order valence-corrected chi connectivity index (χ2v) is 15.2. The summed E-state index contributed by atoms with van der Waals surface area (Å²) in [6, 6.07) is 64.8. The molecule has 0 saturated carbocycles. The summed E-state index contributed by atoms with van der Waals surface area (Å²) in [5.41, 5.74) is 13.7.